The number of ketones is 1. The molecule has 1 aromatic heterocycles. The lowest BCUT2D eigenvalue weighted by atomic mass is 9.95. The van der Waals surface area contributed by atoms with Gasteiger partial charge in [-0.25, -0.2) is 4.68 Å². The molecule has 0 aliphatic rings. The fourth-order valence-corrected chi connectivity index (χ4v) is 2.54. The molecule has 1 unspecified atom stereocenters. The van der Waals surface area contributed by atoms with Crippen LogP contribution in [-0.2, 0) is 0 Å². The molecular weight excluding hydrogens is 262 g/mol. The van der Waals surface area contributed by atoms with Gasteiger partial charge in [0.25, 0.3) is 0 Å². The zero-order valence-corrected chi connectivity index (χ0v) is 12.5. The van der Waals surface area contributed by atoms with Crippen LogP contribution in [0.15, 0.2) is 42.6 Å². The summed E-state index contributed by atoms with van der Waals surface area (Å²) in [4.78, 5) is 12.4. The first-order valence-electron chi connectivity index (χ1n) is 7.59. The van der Waals surface area contributed by atoms with Gasteiger partial charge in [0.1, 0.15) is 5.69 Å². The van der Waals surface area contributed by atoms with Crippen LogP contribution >= 0.6 is 0 Å². The summed E-state index contributed by atoms with van der Waals surface area (Å²) in [6.07, 6.45) is 5.19. The Kier molecular flexibility index (Phi) is 5.69. The molecule has 0 fully saturated rings. The number of carbonyl (C=O) groups excluding carboxylic acids is 1. The summed E-state index contributed by atoms with van der Waals surface area (Å²) < 4.78 is 1.71. The van der Waals surface area contributed by atoms with E-state index in [1.165, 1.54) is 0 Å². The van der Waals surface area contributed by atoms with Crippen molar-refractivity contribution in [2.24, 2.45) is 11.7 Å². The Morgan fingerprint density at radius 1 is 1.24 bits per heavy atom. The number of hydrogen-bond acceptors (Lipinski definition) is 3. The molecule has 2 aromatic rings. The number of Topliss-reactive ketones (excluding diaryl/α,β-unsaturated/α-hetero) is 1. The Bertz CT molecular complexity index is 562. The number of rotatable bonds is 8. The molecule has 0 saturated heterocycles. The SMILES string of the molecule is CCC(CCN)CCC(=O)c1ccnn1-c1ccccc1. The van der Waals surface area contributed by atoms with Gasteiger partial charge < -0.3 is 5.73 Å². The maximum Gasteiger partial charge on any atom is 0.181 e. The maximum atomic E-state index is 12.4. The second-order valence-corrected chi connectivity index (χ2v) is 5.28. The zero-order chi connectivity index (χ0) is 15.1. The quantitative estimate of drug-likeness (QED) is 0.758. The molecule has 1 atom stereocenters. The van der Waals surface area contributed by atoms with E-state index in [9.17, 15) is 4.79 Å². The molecule has 0 spiro atoms. The van der Waals surface area contributed by atoms with E-state index in [-0.39, 0.29) is 5.78 Å². The lowest BCUT2D eigenvalue weighted by Gasteiger charge is -2.13. The molecule has 1 aromatic carbocycles. The molecule has 112 valence electrons. The highest BCUT2D eigenvalue weighted by Gasteiger charge is 2.15. The lowest BCUT2D eigenvalue weighted by molar-refractivity contribution is 0.0965. The molecule has 2 rings (SSSR count). The Morgan fingerprint density at radius 2 is 2.00 bits per heavy atom. The molecule has 0 radical (unpaired) electrons. The van der Waals surface area contributed by atoms with Crippen LogP contribution in [0.3, 0.4) is 0 Å². The van der Waals surface area contributed by atoms with E-state index >= 15 is 0 Å². The minimum absolute atomic E-state index is 0.145. The standard InChI is InChI=1S/C17H23N3O/c1-2-14(10-12-18)8-9-17(21)16-11-13-19-20(16)15-6-4-3-5-7-15/h3-7,11,13-14H,2,8-10,12,18H2,1H3. The van der Waals surface area contributed by atoms with Crippen LogP contribution in [-0.4, -0.2) is 22.1 Å². The Labute approximate surface area is 126 Å². The van der Waals surface area contributed by atoms with E-state index in [0.29, 0.717) is 24.6 Å². The number of benzene rings is 1. The van der Waals surface area contributed by atoms with Gasteiger partial charge in [0.15, 0.2) is 5.78 Å². The summed E-state index contributed by atoms with van der Waals surface area (Å²) >= 11 is 0. The van der Waals surface area contributed by atoms with Crippen molar-refractivity contribution in [3.8, 4) is 5.69 Å². The first-order chi connectivity index (χ1) is 10.3. The van der Waals surface area contributed by atoms with E-state index < -0.39 is 0 Å². The minimum atomic E-state index is 0.145. The number of carbonyl (C=O) groups is 1. The predicted octanol–water partition coefficient (Wildman–Crippen LogP) is 3.21. The van der Waals surface area contributed by atoms with E-state index in [1.54, 1.807) is 16.9 Å². The van der Waals surface area contributed by atoms with Crippen molar-refractivity contribution >= 4 is 5.78 Å². The van der Waals surface area contributed by atoms with Crippen LogP contribution in [0, 0.1) is 5.92 Å². The Morgan fingerprint density at radius 3 is 2.67 bits per heavy atom. The summed E-state index contributed by atoms with van der Waals surface area (Å²) in [5.74, 6) is 0.680. The summed E-state index contributed by atoms with van der Waals surface area (Å²) in [5, 5.41) is 4.27. The van der Waals surface area contributed by atoms with Gasteiger partial charge in [-0.05, 0) is 43.5 Å². The van der Waals surface area contributed by atoms with Gasteiger partial charge in [-0.1, -0.05) is 31.5 Å². The summed E-state index contributed by atoms with van der Waals surface area (Å²) in [5.41, 5.74) is 7.18. The number of nitrogens with zero attached hydrogens (tertiary/aromatic N) is 2. The summed E-state index contributed by atoms with van der Waals surface area (Å²) in [7, 11) is 0. The van der Waals surface area contributed by atoms with Crippen LogP contribution in [0.25, 0.3) is 5.69 Å². The third-order valence-electron chi connectivity index (χ3n) is 3.86. The maximum absolute atomic E-state index is 12.4. The highest BCUT2D eigenvalue weighted by molar-refractivity contribution is 5.94. The second-order valence-electron chi connectivity index (χ2n) is 5.28. The van der Waals surface area contributed by atoms with Gasteiger partial charge in [-0.3, -0.25) is 4.79 Å². The van der Waals surface area contributed by atoms with Crippen LogP contribution in [0.5, 0.6) is 0 Å². The predicted molar refractivity (Wildman–Crippen MR) is 84.6 cm³/mol. The third-order valence-corrected chi connectivity index (χ3v) is 3.86. The normalized spacial score (nSPS) is 12.3. The van der Waals surface area contributed by atoms with Gasteiger partial charge in [-0.15, -0.1) is 0 Å². The van der Waals surface area contributed by atoms with E-state index in [0.717, 1.165) is 24.9 Å². The highest BCUT2D eigenvalue weighted by atomic mass is 16.1. The molecule has 0 aliphatic carbocycles. The number of para-hydroxylation sites is 1. The fraction of sp³-hybridized carbons (Fsp3) is 0.412. The van der Waals surface area contributed by atoms with Crippen LogP contribution in [0.2, 0.25) is 0 Å². The summed E-state index contributed by atoms with van der Waals surface area (Å²) in [6.45, 7) is 2.84. The molecule has 0 bridgehead atoms. The van der Waals surface area contributed by atoms with Crippen LogP contribution in [0.4, 0.5) is 0 Å². The first kappa shape index (κ1) is 15.4. The van der Waals surface area contributed by atoms with Gasteiger partial charge in [-0.2, -0.15) is 5.10 Å². The topological polar surface area (TPSA) is 60.9 Å². The van der Waals surface area contributed by atoms with Crippen LogP contribution < -0.4 is 5.73 Å². The number of nitrogens with two attached hydrogens (primary N) is 1. The van der Waals surface area contributed by atoms with Gasteiger partial charge in [0, 0.05) is 6.42 Å². The molecule has 4 heteroatoms. The van der Waals surface area contributed by atoms with E-state index in [1.807, 2.05) is 30.3 Å². The highest BCUT2D eigenvalue weighted by Crippen LogP contribution is 2.18. The fourth-order valence-electron chi connectivity index (χ4n) is 2.54. The Hall–Kier alpha value is -1.94. The summed E-state index contributed by atoms with van der Waals surface area (Å²) in [6, 6.07) is 11.5. The Balaban J connectivity index is 2.06. The minimum Gasteiger partial charge on any atom is -0.330 e. The van der Waals surface area contributed by atoms with Crippen molar-refractivity contribution < 1.29 is 4.79 Å². The molecule has 21 heavy (non-hydrogen) atoms. The molecule has 2 N–H and O–H groups in total. The van der Waals surface area contributed by atoms with Crippen molar-refractivity contribution in [1.82, 2.24) is 9.78 Å². The number of aromatic nitrogens is 2. The molecule has 0 amide bonds. The smallest absolute Gasteiger partial charge is 0.181 e. The monoisotopic (exact) mass is 285 g/mol. The largest absolute Gasteiger partial charge is 0.330 e. The van der Waals surface area contributed by atoms with Crippen molar-refractivity contribution in [3.63, 3.8) is 0 Å². The molecule has 0 aliphatic heterocycles. The van der Waals surface area contributed by atoms with E-state index in [2.05, 4.69) is 12.0 Å². The zero-order valence-electron chi connectivity index (χ0n) is 12.5. The van der Waals surface area contributed by atoms with Crippen molar-refractivity contribution in [1.29, 1.82) is 0 Å². The van der Waals surface area contributed by atoms with Crippen molar-refractivity contribution in [3.05, 3.63) is 48.3 Å². The molecular formula is C17H23N3O. The molecule has 4 nitrogen and oxygen atoms in total. The lowest BCUT2D eigenvalue weighted by Crippen LogP contribution is -2.12. The van der Waals surface area contributed by atoms with Gasteiger partial charge >= 0.3 is 0 Å². The van der Waals surface area contributed by atoms with Crippen LogP contribution in [0.1, 0.15) is 43.1 Å². The first-order valence-corrected chi connectivity index (χ1v) is 7.59. The van der Waals surface area contributed by atoms with E-state index in [4.69, 9.17) is 5.73 Å². The number of hydrogen-bond donors (Lipinski definition) is 1. The average molecular weight is 285 g/mol. The van der Waals surface area contributed by atoms with Gasteiger partial charge in [0.2, 0.25) is 0 Å². The van der Waals surface area contributed by atoms with Crippen molar-refractivity contribution in [2.45, 2.75) is 32.6 Å². The second kappa shape index (κ2) is 7.74. The average Bonchev–Trinajstić information content (AvgIpc) is 3.01. The molecule has 0 saturated carbocycles. The molecule has 1 heterocycles. The van der Waals surface area contributed by atoms with Gasteiger partial charge in [0.05, 0.1) is 11.9 Å². The third kappa shape index (κ3) is 4.02. The van der Waals surface area contributed by atoms with Crippen molar-refractivity contribution in [2.75, 3.05) is 6.54 Å².